The molecule has 0 radical (unpaired) electrons. The topological polar surface area (TPSA) is 55.4 Å². The molecule has 1 amide bonds. The molecule has 0 atom stereocenters. The van der Waals surface area contributed by atoms with Crippen LogP contribution in [0.15, 0.2) is 48.5 Å². The second-order valence-electron chi connectivity index (χ2n) is 6.40. The number of amides is 1. The standard InChI is InChI=1S/C20H19ClFNO3/c21-15-9-7-14(8-10-15)20(11-3-4-12-20)19(25)26-13-18(24)23-17-6-2-1-5-16(17)22/h1-2,5-10H,3-4,11-13H2,(H,23,24). The fourth-order valence-corrected chi connectivity index (χ4v) is 3.50. The van der Waals surface area contributed by atoms with Gasteiger partial charge in [0, 0.05) is 5.02 Å². The third-order valence-corrected chi connectivity index (χ3v) is 4.98. The van der Waals surface area contributed by atoms with Crippen molar-refractivity contribution >= 4 is 29.2 Å². The van der Waals surface area contributed by atoms with E-state index in [-0.39, 0.29) is 5.69 Å². The Hall–Kier alpha value is -2.40. The number of para-hydroxylation sites is 1. The first-order chi connectivity index (χ1) is 12.5. The fraction of sp³-hybridized carbons (Fsp3) is 0.300. The Balaban J connectivity index is 1.66. The summed E-state index contributed by atoms with van der Waals surface area (Å²) in [5.74, 6) is -1.55. The van der Waals surface area contributed by atoms with Gasteiger partial charge in [0.1, 0.15) is 5.82 Å². The molecule has 136 valence electrons. The quantitative estimate of drug-likeness (QED) is 0.784. The molecule has 1 aliphatic rings. The lowest BCUT2D eigenvalue weighted by Gasteiger charge is -2.27. The van der Waals surface area contributed by atoms with E-state index in [1.165, 1.54) is 18.2 Å². The first kappa shape index (κ1) is 18.4. The van der Waals surface area contributed by atoms with Gasteiger partial charge < -0.3 is 10.1 Å². The van der Waals surface area contributed by atoms with Crippen LogP contribution >= 0.6 is 11.6 Å². The molecule has 26 heavy (non-hydrogen) atoms. The molecule has 0 unspecified atom stereocenters. The molecular formula is C20H19ClFNO3. The summed E-state index contributed by atoms with van der Waals surface area (Å²) in [6.45, 7) is -0.456. The Bertz CT molecular complexity index is 801. The molecule has 1 N–H and O–H groups in total. The number of nitrogens with one attached hydrogen (secondary N) is 1. The third kappa shape index (κ3) is 3.88. The molecule has 1 fully saturated rings. The minimum atomic E-state index is -0.747. The van der Waals surface area contributed by atoms with E-state index < -0.39 is 29.7 Å². The lowest BCUT2D eigenvalue weighted by molar-refractivity contribution is -0.153. The van der Waals surface area contributed by atoms with Crippen molar-refractivity contribution < 1.29 is 18.7 Å². The summed E-state index contributed by atoms with van der Waals surface area (Å²) in [4.78, 5) is 24.8. The van der Waals surface area contributed by atoms with E-state index in [1.807, 2.05) is 12.1 Å². The number of halogens is 2. The van der Waals surface area contributed by atoms with Gasteiger partial charge in [0.2, 0.25) is 0 Å². The molecule has 0 saturated heterocycles. The molecule has 1 aliphatic carbocycles. The van der Waals surface area contributed by atoms with Crippen molar-refractivity contribution in [1.82, 2.24) is 0 Å². The molecule has 4 nitrogen and oxygen atoms in total. The Labute approximate surface area is 156 Å². The molecule has 3 rings (SSSR count). The van der Waals surface area contributed by atoms with E-state index >= 15 is 0 Å². The van der Waals surface area contributed by atoms with Crippen molar-refractivity contribution in [3.8, 4) is 0 Å². The molecule has 0 heterocycles. The third-order valence-electron chi connectivity index (χ3n) is 4.73. The minimum absolute atomic E-state index is 0.0572. The zero-order valence-electron chi connectivity index (χ0n) is 14.1. The highest BCUT2D eigenvalue weighted by Crippen LogP contribution is 2.42. The van der Waals surface area contributed by atoms with Crippen molar-refractivity contribution in [3.05, 3.63) is 64.9 Å². The highest BCUT2D eigenvalue weighted by Gasteiger charge is 2.44. The van der Waals surface area contributed by atoms with Crippen LogP contribution in [0.4, 0.5) is 10.1 Å². The molecule has 2 aromatic carbocycles. The average Bonchev–Trinajstić information content (AvgIpc) is 3.13. The highest BCUT2D eigenvalue weighted by molar-refractivity contribution is 6.30. The normalized spacial score (nSPS) is 15.5. The minimum Gasteiger partial charge on any atom is -0.455 e. The Morgan fingerprint density at radius 1 is 1.08 bits per heavy atom. The number of rotatable bonds is 5. The van der Waals surface area contributed by atoms with Gasteiger partial charge in [0.15, 0.2) is 6.61 Å². The zero-order chi connectivity index (χ0) is 18.6. The predicted molar refractivity (Wildman–Crippen MR) is 97.6 cm³/mol. The first-order valence-corrected chi connectivity index (χ1v) is 8.87. The number of carbonyl (C=O) groups is 2. The predicted octanol–water partition coefficient (Wildman–Crippen LogP) is 4.47. The van der Waals surface area contributed by atoms with Gasteiger partial charge in [0.05, 0.1) is 11.1 Å². The summed E-state index contributed by atoms with van der Waals surface area (Å²) >= 11 is 5.94. The van der Waals surface area contributed by atoms with Gasteiger partial charge in [-0.3, -0.25) is 9.59 Å². The van der Waals surface area contributed by atoms with E-state index in [2.05, 4.69) is 5.32 Å². The van der Waals surface area contributed by atoms with Gasteiger partial charge in [0.25, 0.3) is 5.91 Å². The van der Waals surface area contributed by atoms with Gasteiger partial charge in [-0.2, -0.15) is 0 Å². The summed E-state index contributed by atoms with van der Waals surface area (Å²) in [6, 6.07) is 13.0. The number of anilines is 1. The van der Waals surface area contributed by atoms with Crippen molar-refractivity contribution in [2.24, 2.45) is 0 Å². The summed E-state index contributed by atoms with van der Waals surface area (Å²) in [5.41, 5.74) is 0.156. The smallest absolute Gasteiger partial charge is 0.317 e. The number of benzene rings is 2. The SMILES string of the molecule is O=C(COC(=O)C1(c2ccc(Cl)cc2)CCCC1)Nc1ccccc1F. The number of carbonyl (C=O) groups excluding carboxylic acids is 2. The monoisotopic (exact) mass is 375 g/mol. The number of hydrogen-bond acceptors (Lipinski definition) is 3. The van der Waals surface area contributed by atoms with Crippen LogP contribution in [0.25, 0.3) is 0 Å². The van der Waals surface area contributed by atoms with Crippen LogP contribution in [0, 0.1) is 5.82 Å². The van der Waals surface area contributed by atoms with Crippen LogP contribution in [-0.4, -0.2) is 18.5 Å². The van der Waals surface area contributed by atoms with E-state index in [0.29, 0.717) is 17.9 Å². The van der Waals surface area contributed by atoms with E-state index in [0.717, 1.165) is 18.4 Å². The van der Waals surface area contributed by atoms with Crippen LogP contribution in [0.5, 0.6) is 0 Å². The Kier molecular flexibility index (Phi) is 5.57. The molecule has 2 aromatic rings. The van der Waals surface area contributed by atoms with E-state index in [4.69, 9.17) is 16.3 Å². The van der Waals surface area contributed by atoms with Gasteiger partial charge >= 0.3 is 5.97 Å². The highest BCUT2D eigenvalue weighted by atomic mass is 35.5. The number of ether oxygens (including phenoxy) is 1. The van der Waals surface area contributed by atoms with Crippen LogP contribution in [0.3, 0.4) is 0 Å². The molecule has 6 heteroatoms. The van der Waals surface area contributed by atoms with Crippen molar-refractivity contribution in [2.75, 3.05) is 11.9 Å². The molecule has 0 spiro atoms. The maximum Gasteiger partial charge on any atom is 0.317 e. The lowest BCUT2D eigenvalue weighted by atomic mass is 9.79. The van der Waals surface area contributed by atoms with Gasteiger partial charge in [-0.05, 0) is 42.7 Å². The summed E-state index contributed by atoms with van der Waals surface area (Å²) in [6.07, 6.45) is 3.17. The van der Waals surface area contributed by atoms with E-state index in [9.17, 15) is 14.0 Å². The Morgan fingerprint density at radius 3 is 2.38 bits per heavy atom. The summed E-state index contributed by atoms with van der Waals surface area (Å²) < 4.78 is 18.9. The maximum absolute atomic E-state index is 13.6. The van der Waals surface area contributed by atoms with Crippen molar-refractivity contribution in [1.29, 1.82) is 0 Å². The summed E-state index contributed by atoms with van der Waals surface area (Å²) in [7, 11) is 0. The van der Waals surface area contributed by atoms with Crippen LogP contribution in [-0.2, 0) is 19.7 Å². The van der Waals surface area contributed by atoms with Crippen LogP contribution in [0.1, 0.15) is 31.2 Å². The van der Waals surface area contributed by atoms with Gasteiger partial charge in [-0.15, -0.1) is 0 Å². The van der Waals surface area contributed by atoms with Gasteiger partial charge in [-0.25, -0.2) is 4.39 Å². The largest absolute Gasteiger partial charge is 0.455 e. The number of esters is 1. The average molecular weight is 376 g/mol. The number of hydrogen-bond donors (Lipinski definition) is 1. The second-order valence-corrected chi connectivity index (χ2v) is 6.84. The molecular weight excluding hydrogens is 357 g/mol. The van der Waals surface area contributed by atoms with Crippen LogP contribution < -0.4 is 5.32 Å². The first-order valence-electron chi connectivity index (χ1n) is 8.49. The van der Waals surface area contributed by atoms with Gasteiger partial charge in [-0.1, -0.05) is 48.7 Å². The molecule has 0 aromatic heterocycles. The summed E-state index contributed by atoms with van der Waals surface area (Å²) in [5, 5.41) is 3.00. The van der Waals surface area contributed by atoms with Crippen molar-refractivity contribution in [2.45, 2.75) is 31.1 Å². The van der Waals surface area contributed by atoms with Crippen LogP contribution in [0.2, 0.25) is 5.02 Å². The zero-order valence-corrected chi connectivity index (χ0v) is 14.9. The fourth-order valence-electron chi connectivity index (χ4n) is 3.38. The maximum atomic E-state index is 13.6. The second kappa shape index (κ2) is 7.87. The molecule has 0 aliphatic heterocycles. The molecule has 1 saturated carbocycles. The Morgan fingerprint density at radius 2 is 1.73 bits per heavy atom. The molecule has 0 bridgehead atoms. The van der Waals surface area contributed by atoms with E-state index in [1.54, 1.807) is 18.2 Å². The van der Waals surface area contributed by atoms with Crippen molar-refractivity contribution in [3.63, 3.8) is 0 Å². The lowest BCUT2D eigenvalue weighted by Crippen LogP contribution is -2.36.